The molecule has 3 rings (SSSR count). The van der Waals surface area contributed by atoms with E-state index in [-0.39, 0.29) is 29.2 Å². The van der Waals surface area contributed by atoms with E-state index in [0.717, 1.165) is 31.6 Å². The molecule has 6 nitrogen and oxygen atoms in total. The fraction of sp³-hybridized carbons (Fsp3) is 0.684. The van der Waals surface area contributed by atoms with Crippen LogP contribution in [0.1, 0.15) is 67.9 Å². The van der Waals surface area contributed by atoms with Crippen molar-refractivity contribution in [2.45, 2.75) is 76.6 Å². The molecule has 6 heteroatoms. The maximum atomic E-state index is 12.4. The van der Waals surface area contributed by atoms with Gasteiger partial charge in [-0.25, -0.2) is 0 Å². The van der Waals surface area contributed by atoms with Crippen molar-refractivity contribution in [3.63, 3.8) is 0 Å². The molecule has 1 saturated carbocycles. The average Bonchev–Trinajstić information content (AvgIpc) is 2.59. The van der Waals surface area contributed by atoms with Crippen LogP contribution in [0.15, 0.2) is 16.9 Å². The second-order valence-corrected chi connectivity index (χ2v) is 7.52. The normalized spacial score (nSPS) is 27.8. The molecule has 0 bridgehead atoms. The first-order valence-corrected chi connectivity index (χ1v) is 9.48. The van der Waals surface area contributed by atoms with Crippen molar-refractivity contribution in [2.75, 3.05) is 6.54 Å². The predicted octanol–water partition coefficient (Wildman–Crippen LogP) is 1.78. The number of aromatic amines is 1. The van der Waals surface area contributed by atoms with Gasteiger partial charge in [-0.3, -0.25) is 14.5 Å². The zero-order chi connectivity index (χ0) is 17.8. The number of nitrogens with one attached hydrogen (secondary N) is 2. The van der Waals surface area contributed by atoms with Crippen LogP contribution in [0, 0.1) is 0 Å². The van der Waals surface area contributed by atoms with Gasteiger partial charge in [0.1, 0.15) is 5.56 Å². The first-order valence-electron chi connectivity index (χ1n) is 9.48. The quantitative estimate of drug-likeness (QED) is 0.775. The summed E-state index contributed by atoms with van der Waals surface area (Å²) in [5.74, 6) is -0.319. The van der Waals surface area contributed by atoms with Gasteiger partial charge in [0.05, 0.1) is 6.10 Å². The number of aliphatic hydroxyl groups is 1. The molecule has 1 unspecified atom stereocenters. The number of likely N-dealkylation sites (tertiary alicyclic amines) is 1. The smallest absolute Gasteiger partial charge is 0.261 e. The highest BCUT2D eigenvalue weighted by Crippen LogP contribution is 2.19. The van der Waals surface area contributed by atoms with E-state index in [1.165, 1.54) is 19.3 Å². The number of H-pyrrole nitrogens is 1. The van der Waals surface area contributed by atoms with E-state index in [9.17, 15) is 14.7 Å². The first kappa shape index (κ1) is 18.1. The largest absolute Gasteiger partial charge is 0.393 e. The molecule has 0 aromatic carbocycles. The SMILES string of the molecule is CC1CCCCN1Cc1ccc(C(=O)NC2CCC(O)CC2)c(=O)[nH]1. The molecule has 1 aromatic heterocycles. The summed E-state index contributed by atoms with van der Waals surface area (Å²) in [6, 6.07) is 4.06. The Balaban J connectivity index is 1.61. The highest BCUT2D eigenvalue weighted by Gasteiger charge is 2.23. The van der Waals surface area contributed by atoms with E-state index in [0.29, 0.717) is 18.9 Å². The molecule has 3 N–H and O–H groups in total. The average molecular weight is 347 g/mol. The molecular formula is C19H29N3O3. The van der Waals surface area contributed by atoms with Gasteiger partial charge >= 0.3 is 0 Å². The van der Waals surface area contributed by atoms with Gasteiger partial charge in [-0.2, -0.15) is 0 Å². The van der Waals surface area contributed by atoms with Gasteiger partial charge in [0, 0.05) is 24.3 Å². The third-order valence-electron chi connectivity index (χ3n) is 5.56. The number of amides is 1. The van der Waals surface area contributed by atoms with Gasteiger partial charge in [-0.1, -0.05) is 6.42 Å². The van der Waals surface area contributed by atoms with Crippen LogP contribution in [0.2, 0.25) is 0 Å². The summed E-state index contributed by atoms with van der Waals surface area (Å²) in [5.41, 5.74) is 0.702. The topological polar surface area (TPSA) is 85.4 Å². The highest BCUT2D eigenvalue weighted by molar-refractivity contribution is 5.94. The minimum atomic E-state index is -0.324. The zero-order valence-corrected chi connectivity index (χ0v) is 15.0. The van der Waals surface area contributed by atoms with Gasteiger partial charge in [0.2, 0.25) is 0 Å². The Labute approximate surface area is 148 Å². The number of hydrogen-bond donors (Lipinski definition) is 3. The Hall–Kier alpha value is -1.66. The maximum absolute atomic E-state index is 12.4. The highest BCUT2D eigenvalue weighted by atomic mass is 16.3. The van der Waals surface area contributed by atoms with E-state index in [1.807, 2.05) is 6.07 Å². The first-order chi connectivity index (χ1) is 12.0. The minimum Gasteiger partial charge on any atom is -0.393 e. The summed E-state index contributed by atoms with van der Waals surface area (Å²) in [5, 5.41) is 12.5. The number of carbonyl (C=O) groups is 1. The third-order valence-corrected chi connectivity index (χ3v) is 5.56. The Kier molecular flexibility index (Phi) is 5.91. The van der Waals surface area contributed by atoms with Crippen molar-refractivity contribution in [1.29, 1.82) is 0 Å². The van der Waals surface area contributed by atoms with Crippen molar-refractivity contribution < 1.29 is 9.90 Å². The molecule has 1 saturated heterocycles. The lowest BCUT2D eigenvalue weighted by atomic mass is 9.93. The lowest BCUT2D eigenvalue weighted by Crippen LogP contribution is -2.41. The van der Waals surface area contributed by atoms with E-state index in [2.05, 4.69) is 22.1 Å². The van der Waals surface area contributed by atoms with Crippen molar-refractivity contribution in [3.05, 3.63) is 33.7 Å². The van der Waals surface area contributed by atoms with Crippen LogP contribution in [-0.4, -0.2) is 45.6 Å². The number of pyridine rings is 1. The van der Waals surface area contributed by atoms with Crippen LogP contribution in [-0.2, 0) is 6.54 Å². The number of aromatic nitrogens is 1. The molecule has 1 aliphatic heterocycles. The fourth-order valence-electron chi connectivity index (χ4n) is 3.88. The number of aliphatic hydroxyl groups excluding tert-OH is 1. The van der Waals surface area contributed by atoms with Crippen molar-refractivity contribution in [1.82, 2.24) is 15.2 Å². The predicted molar refractivity (Wildman–Crippen MR) is 96.5 cm³/mol. The Morgan fingerprint density at radius 2 is 2.00 bits per heavy atom. The second kappa shape index (κ2) is 8.15. The lowest BCUT2D eigenvalue weighted by Gasteiger charge is -2.33. The van der Waals surface area contributed by atoms with E-state index < -0.39 is 0 Å². The van der Waals surface area contributed by atoms with Gasteiger partial charge in [-0.15, -0.1) is 0 Å². The lowest BCUT2D eigenvalue weighted by molar-refractivity contribution is 0.0866. The number of carbonyl (C=O) groups excluding carboxylic acids is 1. The van der Waals surface area contributed by atoms with Crippen molar-refractivity contribution in [2.24, 2.45) is 0 Å². The molecule has 2 aliphatic rings. The molecule has 1 aliphatic carbocycles. The van der Waals surface area contributed by atoms with Crippen LogP contribution in [0.4, 0.5) is 0 Å². The zero-order valence-electron chi connectivity index (χ0n) is 15.0. The maximum Gasteiger partial charge on any atom is 0.261 e. The molecule has 0 spiro atoms. The Morgan fingerprint density at radius 1 is 1.24 bits per heavy atom. The van der Waals surface area contributed by atoms with Crippen molar-refractivity contribution >= 4 is 5.91 Å². The second-order valence-electron chi connectivity index (χ2n) is 7.52. The molecular weight excluding hydrogens is 318 g/mol. The van der Waals surface area contributed by atoms with Crippen LogP contribution in [0.5, 0.6) is 0 Å². The number of piperidine rings is 1. The third kappa shape index (κ3) is 4.70. The molecule has 0 radical (unpaired) electrons. The minimum absolute atomic E-state index is 0.0455. The number of nitrogens with zero attached hydrogens (tertiary/aromatic N) is 1. The van der Waals surface area contributed by atoms with Crippen LogP contribution in [0.25, 0.3) is 0 Å². The van der Waals surface area contributed by atoms with Crippen LogP contribution < -0.4 is 10.9 Å². The summed E-state index contributed by atoms with van der Waals surface area (Å²) in [6.07, 6.45) is 6.33. The summed E-state index contributed by atoms with van der Waals surface area (Å²) in [4.78, 5) is 29.9. The molecule has 138 valence electrons. The molecule has 1 atom stereocenters. The standard InChI is InChI=1S/C19H29N3O3/c1-13-4-2-3-11-22(13)12-15-7-10-17(19(25)21-15)18(24)20-14-5-8-16(23)9-6-14/h7,10,13-14,16,23H,2-6,8-9,11-12H2,1H3,(H,20,24)(H,21,25). The molecule has 25 heavy (non-hydrogen) atoms. The Bertz CT molecular complexity index is 650. The molecule has 1 amide bonds. The number of rotatable bonds is 4. The summed E-state index contributed by atoms with van der Waals surface area (Å²) < 4.78 is 0. The molecule has 2 fully saturated rings. The summed E-state index contributed by atoms with van der Waals surface area (Å²) in [7, 11) is 0. The summed E-state index contributed by atoms with van der Waals surface area (Å²) in [6.45, 7) is 4.00. The summed E-state index contributed by atoms with van der Waals surface area (Å²) >= 11 is 0. The van der Waals surface area contributed by atoms with Crippen LogP contribution in [0.3, 0.4) is 0 Å². The Morgan fingerprint density at radius 3 is 2.68 bits per heavy atom. The number of hydrogen-bond acceptors (Lipinski definition) is 4. The van der Waals surface area contributed by atoms with E-state index in [4.69, 9.17) is 0 Å². The van der Waals surface area contributed by atoms with Gasteiger partial charge < -0.3 is 15.4 Å². The monoisotopic (exact) mass is 347 g/mol. The molecule has 2 heterocycles. The van der Waals surface area contributed by atoms with E-state index >= 15 is 0 Å². The van der Waals surface area contributed by atoms with Gasteiger partial charge in [-0.05, 0) is 64.1 Å². The fourth-order valence-corrected chi connectivity index (χ4v) is 3.88. The van der Waals surface area contributed by atoms with Crippen molar-refractivity contribution in [3.8, 4) is 0 Å². The van der Waals surface area contributed by atoms with Gasteiger partial charge in [0.25, 0.3) is 11.5 Å². The molecule has 1 aromatic rings. The van der Waals surface area contributed by atoms with E-state index in [1.54, 1.807) is 6.07 Å². The van der Waals surface area contributed by atoms with Crippen LogP contribution >= 0.6 is 0 Å². The van der Waals surface area contributed by atoms with Gasteiger partial charge in [0.15, 0.2) is 0 Å².